The molecule has 0 bridgehead atoms. The van der Waals surface area contributed by atoms with Crippen LogP contribution in [0.5, 0.6) is 0 Å². The minimum Gasteiger partial charge on any atom is -0.224 e. The lowest BCUT2D eigenvalue weighted by molar-refractivity contribution is 1.59. The molecule has 0 unspecified atom stereocenters. The molecule has 0 aromatic heterocycles. The normalized spacial score (nSPS) is 9.50. The second-order valence-corrected chi connectivity index (χ2v) is 4.50. The molecule has 0 saturated heterocycles. The van der Waals surface area contributed by atoms with Gasteiger partial charge in [0, 0.05) is 16.2 Å². The highest BCUT2D eigenvalue weighted by atomic mass is 127. The molecule has 0 N–H and O–H groups in total. The molecule has 0 amide bonds. The summed E-state index contributed by atoms with van der Waals surface area (Å²) >= 11 is 11.0. The number of rotatable bonds is 1. The highest BCUT2D eigenvalue weighted by Gasteiger charge is 1.95. The minimum atomic E-state index is 0.977. The highest BCUT2D eigenvalue weighted by molar-refractivity contribution is 14.1. The monoisotopic (exact) mass is 331 g/mol. The highest BCUT2D eigenvalue weighted by Crippen LogP contribution is 2.22. The Balaban J connectivity index is 2.89. The first-order chi connectivity index (χ1) is 4.70. The summed E-state index contributed by atoms with van der Waals surface area (Å²) in [6.45, 7) is 0. The van der Waals surface area contributed by atoms with Gasteiger partial charge < -0.3 is 0 Å². The molecule has 10 heavy (non-hydrogen) atoms. The zero-order valence-corrected chi connectivity index (χ0v) is 9.39. The largest absolute Gasteiger partial charge is 0.224 e. The van der Waals surface area contributed by atoms with Crippen LogP contribution in [0.2, 0.25) is 0 Å². The predicted octanol–water partition coefficient (Wildman–Crippen LogP) is 3.76. The van der Waals surface area contributed by atoms with Crippen LogP contribution in [0, 0.1) is 0 Å². The molecule has 0 atom stereocenters. The minimum absolute atomic E-state index is 0.977. The van der Waals surface area contributed by atoms with Crippen LogP contribution in [-0.2, 0) is 0 Å². The fourth-order valence-corrected chi connectivity index (χ4v) is 1.25. The summed E-state index contributed by atoms with van der Waals surface area (Å²) < 4.78 is 2.58. The first kappa shape index (κ1) is 8.62. The van der Waals surface area contributed by atoms with E-state index in [0.29, 0.717) is 0 Å². The van der Waals surface area contributed by atoms with Crippen molar-refractivity contribution in [2.75, 3.05) is 2.63 Å². The van der Waals surface area contributed by atoms with Gasteiger partial charge in [-0.1, -0.05) is 15.9 Å². The van der Waals surface area contributed by atoms with Crippen molar-refractivity contribution in [3.8, 4) is 0 Å². The molecule has 1 nitrogen and oxygen atoms in total. The summed E-state index contributed by atoms with van der Waals surface area (Å²) in [5.41, 5.74) is 0.977. The molecule has 1 aromatic carbocycles. The molecule has 1 rings (SSSR count). The second-order valence-electron chi connectivity index (χ2n) is 1.71. The molecule has 0 aliphatic carbocycles. The summed E-state index contributed by atoms with van der Waals surface area (Å²) in [5.74, 6) is 0. The van der Waals surface area contributed by atoms with Crippen LogP contribution in [0.4, 0.5) is 5.69 Å². The summed E-state index contributed by atoms with van der Waals surface area (Å²) in [6.07, 6.45) is 0. The lowest BCUT2D eigenvalue weighted by Crippen LogP contribution is -1.88. The van der Waals surface area contributed by atoms with E-state index in [0.717, 1.165) is 10.2 Å². The summed E-state index contributed by atoms with van der Waals surface area (Å²) in [4.78, 5) is 0. The van der Waals surface area contributed by atoms with Crippen molar-refractivity contribution in [3.05, 3.63) is 28.7 Å². The lowest BCUT2D eigenvalue weighted by Gasteiger charge is -2.04. The van der Waals surface area contributed by atoms with Gasteiger partial charge in [-0.25, -0.2) is 2.63 Å². The van der Waals surface area contributed by atoms with Gasteiger partial charge in [0.1, 0.15) is 0 Å². The van der Waals surface area contributed by atoms with Crippen LogP contribution in [0.15, 0.2) is 28.7 Å². The molecule has 0 aliphatic heterocycles. The van der Waals surface area contributed by atoms with E-state index in [9.17, 15) is 0 Å². The Hall–Kier alpha value is 0.520. The number of halogens is 3. The Morgan fingerprint density at radius 1 is 1.30 bits per heavy atom. The molecule has 0 spiro atoms. The van der Waals surface area contributed by atoms with Gasteiger partial charge >= 0.3 is 0 Å². The standard InChI is InChI=1S/C6H4BrClIN/c7-5-1-3-6(4-2-5)10(8)9/h1-4H. The first-order valence-electron chi connectivity index (χ1n) is 2.57. The van der Waals surface area contributed by atoms with Crippen molar-refractivity contribution in [1.82, 2.24) is 0 Å². The molecule has 0 heterocycles. The zero-order valence-electron chi connectivity index (χ0n) is 4.89. The molecule has 0 saturated carbocycles. The Kier molecular flexibility index (Phi) is 3.26. The van der Waals surface area contributed by atoms with Crippen molar-refractivity contribution >= 4 is 56.3 Å². The molecule has 54 valence electrons. The number of nitrogens with zero attached hydrogens (tertiary/aromatic N) is 1. The van der Waals surface area contributed by atoms with E-state index in [2.05, 4.69) is 15.9 Å². The zero-order chi connectivity index (χ0) is 7.56. The third-order valence-electron chi connectivity index (χ3n) is 1.02. The van der Waals surface area contributed by atoms with Gasteiger partial charge in [0.05, 0.1) is 28.6 Å². The topological polar surface area (TPSA) is 3.24 Å². The Morgan fingerprint density at radius 3 is 2.20 bits per heavy atom. The molecular weight excluding hydrogens is 328 g/mol. The molecular formula is C6H4BrClIN. The van der Waals surface area contributed by atoms with Gasteiger partial charge in [-0.2, -0.15) is 0 Å². The van der Waals surface area contributed by atoms with Crippen molar-refractivity contribution in [2.24, 2.45) is 0 Å². The van der Waals surface area contributed by atoms with Gasteiger partial charge in [-0.15, -0.1) is 0 Å². The molecule has 1 aromatic rings. The van der Waals surface area contributed by atoms with Crippen molar-refractivity contribution in [2.45, 2.75) is 0 Å². The average Bonchev–Trinajstić information content (AvgIpc) is 1.88. The predicted molar refractivity (Wildman–Crippen MR) is 56.5 cm³/mol. The van der Waals surface area contributed by atoms with E-state index in [1.54, 1.807) is 0 Å². The maximum Gasteiger partial charge on any atom is 0.0767 e. The Labute approximate surface area is 87.1 Å². The van der Waals surface area contributed by atoms with E-state index in [1.165, 1.54) is 2.63 Å². The molecule has 0 radical (unpaired) electrons. The van der Waals surface area contributed by atoms with Gasteiger partial charge in [-0.3, -0.25) is 0 Å². The van der Waals surface area contributed by atoms with E-state index < -0.39 is 0 Å². The maximum absolute atomic E-state index is 5.66. The summed E-state index contributed by atoms with van der Waals surface area (Å²) in [6, 6.07) is 7.76. The van der Waals surface area contributed by atoms with Gasteiger partial charge in [0.15, 0.2) is 0 Å². The first-order valence-corrected chi connectivity index (χ1v) is 4.67. The summed E-state index contributed by atoms with van der Waals surface area (Å²) in [7, 11) is 0. The van der Waals surface area contributed by atoms with Crippen molar-refractivity contribution < 1.29 is 0 Å². The maximum atomic E-state index is 5.66. The molecule has 4 heteroatoms. The fraction of sp³-hybridized carbons (Fsp3) is 0. The fourth-order valence-electron chi connectivity index (χ4n) is 0.554. The van der Waals surface area contributed by atoms with Crippen molar-refractivity contribution in [3.63, 3.8) is 0 Å². The van der Waals surface area contributed by atoms with Crippen LogP contribution in [0.3, 0.4) is 0 Å². The van der Waals surface area contributed by atoms with Gasteiger partial charge in [0.2, 0.25) is 0 Å². The second kappa shape index (κ2) is 3.78. The smallest absolute Gasteiger partial charge is 0.0767 e. The quantitative estimate of drug-likeness (QED) is 0.559. The SMILES string of the molecule is ClN(I)c1ccc(Br)cc1. The number of hydrogen-bond acceptors (Lipinski definition) is 1. The number of hydrogen-bond donors (Lipinski definition) is 0. The van der Waals surface area contributed by atoms with Gasteiger partial charge in [0.25, 0.3) is 0 Å². The van der Waals surface area contributed by atoms with Crippen LogP contribution >= 0.6 is 50.6 Å². The van der Waals surface area contributed by atoms with E-state index in [1.807, 2.05) is 47.1 Å². The Morgan fingerprint density at radius 2 is 1.80 bits per heavy atom. The van der Waals surface area contributed by atoms with Crippen molar-refractivity contribution in [1.29, 1.82) is 0 Å². The van der Waals surface area contributed by atoms with Crippen LogP contribution in [0.1, 0.15) is 0 Å². The lowest BCUT2D eigenvalue weighted by atomic mass is 10.3. The van der Waals surface area contributed by atoms with Crippen LogP contribution in [-0.4, -0.2) is 0 Å². The summed E-state index contributed by atoms with van der Waals surface area (Å²) in [5, 5.41) is 0. The van der Waals surface area contributed by atoms with Crippen LogP contribution in [0.25, 0.3) is 0 Å². The van der Waals surface area contributed by atoms with Crippen LogP contribution < -0.4 is 2.63 Å². The molecule has 0 aliphatic rings. The number of benzene rings is 1. The van der Waals surface area contributed by atoms with E-state index in [-0.39, 0.29) is 0 Å². The Bertz CT molecular complexity index is 211. The number of anilines is 1. The average molecular weight is 332 g/mol. The third-order valence-corrected chi connectivity index (χ3v) is 2.30. The van der Waals surface area contributed by atoms with E-state index >= 15 is 0 Å². The van der Waals surface area contributed by atoms with E-state index in [4.69, 9.17) is 11.8 Å². The van der Waals surface area contributed by atoms with Gasteiger partial charge in [-0.05, 0) is 24.3 Å². The third kappa shape index (κ3) is 2.29. The molecule has 0 fully saturated rings.